The van der Waals surface area contributed by atoms with E-state index in [-0.39, 0.29) is 22.8 Å². The van der Waals surface area contributed by atoms with Crippen LogP contribution in [0.5, 0.6) is 0 Å². The van der Waals surface area contributed by atoms with Gasteiger partial charge in [-0.1, -0.05) is 13.3 Å². The number of hydrogen-bond donors (Lipinski definition) is 2. The minimum Gasteiger partial charge on any atom is -0.480 e. The summed E-state index contributed by atoms with van der Waals surface area (Å²) in [5, 5.41) is 8.99. The number of esters is 1. The number of sulfonamides is 1. The maximum Gasteiger partial charge on any atom is 0.373 e. The van der Waals surface area contributed by atoms with Crippen LogP contribution in [0.3, 0.4) is 0 Å². The molecule has 118 valence electrons. The molecule has 1 rings (SSSR count). The Kier molecular flexibility index (Phi) is 5.50. The number of ether oxygens (including phenoxy) is 1. The summed E-state index contributed by atoms with van der Waals surface area (Å²) in [5.41, 5.74) is 0. The molecule has 0 spiro atoms. The summed E-state index contributed by atoms with van der Waals surface area (Å²) in [7, 11) is -2.98. The molecular weight excluding hydrogens is 302 g/mol. The minimum absolute atomic E-state index is 0.0245. The van der Waals surface area contributed by atoms with E-state index in [4.69, 9.17) is 9.52 Å². The van der Waals surface area contributed by atoms with E-state index in [0.29, 0.717) is 6.42 Å². The highest BCUT2D eigenvalue weighted by molar-refractivity contribution is 7.89. The fourth-order valence-electron chi connectivity index (χ4n) is 1.71. The van der Waals surface area contributed by atoms with Crippen LogP contribution in [-0.2, 0) is 19.6 Å². The van der Waals surface area contributed by atoms with E-state index in [0.717, 1.165) is 13.2 Å². The molecule has 0 amide bonds. The second-order valence-electron chi connectivity index (χ2n) is 4.32. The summed E-state index contributed by atoms with van der Waals surface area (Å²) >= 11 is 0. The Morgan fingerprint density at radius 1 is 1.48 bits per heavy atom. The van der Waals surface area contributed by atoms with E-state index in [2.05, 4.69) is 9.46 Å². The minimum atomic E-state index is -4.11. The molecule has 8 nitrogen and oxygen atoms in total. The first-order valence-electron chi connectivity index (χ1n) is 6.16. The van der Waals surface area contributed by atoms with Gasteiger partial charge in [-0.15, -0.1) is 0 Å². The van der Waals surface area contributed by atoms with Crippen molar-refractivity contribution < 1.29 is 32.3 Å². The molecule has 0 saturated carbocycles. The monoisotopic (exact) mass is 319 g/mol. The zero-order valence-electron chi connectivity index (χ0n) is 11.9. The molecule has 9 heteroatoms. The highest BCUT2D eigenvalue weighted by Gasteiger charge is 2.29. The molecule has 1 unspecified atom stereocenters. The van der Waals surface area contributed by atoms with Crippen molar-refractivity contribution in [2.24, 2.45) is 0 Å². The maximum absolute atomic E-state index is 12.2. The number of aryl methyl sites for hydroxylation is 1. The molecule has 0 radical (unpaired) electrons. The predicted molar refractivity (Wildman–Crippen MR) is 71.4 cm³/mol. The Labute approximate surface area is 122 Å². The lowest BCUT2D eigenvalue weighted by molar-refractivity contribution is -0.139. The third-order valence-electron chi connectivity index (χ3n) is 2.72. The van der Waals surface area contributed by atoms with Gasteiger partial charge in [0.1, 0.15) is 16.7 Å². The van der Waals surface area contributed by atoms with Crippen LogP contribution < -0.4 is 4.72 Å². The third kappa shape index (κ3) is 4.05. The molecule has 2 N–H and O–H groups in total. The number of rotatable bonds is 7. The largest absolute Gasteiger partial charge is 0.480 e. The molecule has 1 heterocycles. The van der Waals surface area contributed by atoms with Gasteiger partial charge in [0.2, 0.25) is 15.8 Å². The van der Waals surface area contributed by atoms with Crippen LogP contribution in [0.4, 0.5) is 0 Å². The number of aliphatic carboxylic acids is 1. The van der Waals surface area contributed by atoms with Crippen LogP contribution in [0.1, 0.15) is 36.1 Å². The zero-order valence-corrected chi connectivity index (χ0v) is 12.7. The van der Waals surface area contributed by atoms with Gasteiger partial charge >= 0.3 is 11.9 Å². The molecule has 21 heavy (non-hydrogen) atoms. The van der Waals surface area contributed by atoms with Crippen molar-refractivity contribution in [3.05, 3.63) is 17.6 Å². The summed E-state index contributed by atoms with van der Waals surface area (Å²) in [5.74, 6) is -2.38. The van der Waals surface area contributed by atoms with E-state index in [1.54, 1.807) is 6.92 Å². The smallest absolute Gasteiger partial charge is 0.373 e. The number of furan rings is 1. The first kappa shape index (κ1) is 17.2. The molecule has 0 bridgehead atoms. The van der Waals surface area contributed by atoms with Crippen LogP contribution in [-0.4, -0.2) is 38.6 Å². The van der Waals surface area contributed by atoms with Crippen molar-refractivity contribution >= 4 is 22.0 Å². The molecule has 0 aliphatic rings. The summed E-state index contributed by atoms with van der Waals surface area (Å²) in [4.78, 5) is 22.0. The fourth-order valence-corrected chi connectivity index (χ4v) is 3.11. The third-order valence-corrected chi connectivity index (χ3v) is 4.30. The fraction of sp³-hybridized carbons (Fsp3) is 0.500. The van der Waals surface area contributed by atoms with Crippen LogP contribution in [0.15, 0.2) is 15.4 Å². The molecule has 0 aromatic carbocycles. The SMILES string of the molecule is CCCC(NS(=O)(=O)c1cc(C(=O)OC)oc1C)C(=O)O. The Hall–Kier alpha value is -1.87. The van der Waals surface area contributed by atoms with Gasteiger partial charge in [0.25, 0.3) is 0 Å². The number of carboxylic acids is 1. The van der Waals surface area contributed by atoms with Crippen molar-refractivity contribution in [3.63, 3.8) is 0 Å². The van der Waals surface area contributed by atoms with E-state index in [9.17, 15) is 18.0 Å². The van der Waals surface area contributed by atoms with Gasteiger partial charge in [0.15, 0.2) is 0 Å². The lowest BCUT2D eigenvalue weighted by Crippen LogP contribution is -2.40. The van der Waals surface area contributed by atoms with E-state index >= 15 is 0 Å². The van der Waals surface area contributed by atoms with Crippen LogP contribution >= 0.6 is 0 Å². The highest BCUT2D eigenvalue weighted by Crippen LogP contribution is 2.21. The maximum atomic E-state index is 12.2. The summed E-state index contributed by atoms with van der Waals surface area (Å²) in [6.07, 6.45) is 0.645. The molecule has 1 aromatic heterocycles. The Morgan fingerprint density at radius 2 is 2.10 bits per heavy atom. The lowest BCUT2D eigenvalue weighted by atomic mass is 10.2. The van der Waals surface area contributed by atoms with E-state index in [1.807, 2.05) is 0 Å². The van der Waals surface area contributed by atoms with Gasteiger partial charge in [-0.3, -0.25) is 4.79 Å². The van der Waals surface area contributed by atoms with Crippen molar-refractivity contribution in [3.8, 4) is 0 Å². The van der Waals surface area contributed by atoms with Crippen LogP contribution in [0.25, 0.3) is 0 Å². The van der Waals surface area contributed by atoms with Crippen molar-refractivity contribution in [1.29, 1.82) is 0 Å². The van der Waals surface area contributed by atoms with Gasteiger partial charge in [-0.05, 0) is 13.3 Å². The van der Waals surface area contributed by atoms with Gasteiger partial charge < -0.3 is 14.3 Å². The first-order chi connectivity index (χ1) is 9.72. The molecule has 0 saturated heterocycles. The summed E-state index contributed by atoms with van der Waals surface area (Å²) in [6.45, 7) is 3.10. The Balaban J connectivity index is 3.10. The second-order valence-corrected chi connectivity index (χ2v) is 6.01. The second kappa shape index (κ2) is 6.72. The normalized spacial score (nSPS) is 12.9. The molecular formula is C12H17NO7S. The summed E-state index contributed by atoms with van der Waals surface area (Å²) in [6, 6.07) is -0.232. The lowest BCUT2D eigenvalue weighted by Gasteiger charge is -2.13. The number of carbonyl (C=O) groups is 2. The van der Waals surface area contributed by atoms with Gasteiger partial charge in [0, 0.05) is 6.07 Å². The number of methoxy groups -OCH3 is 1. The number of carboxylic acid groups (broad SMARTS) is 1. The molecule has 0 aliphatic heterocycles. The molecule has 0 aliphatic carbocycles. The van der Waals surface area contributed by atoms with E-state index in [1.165, 1.54) is 6.92 Å². The zero-order chi connectivity index (χ0) is 16.2. The van der Waals surface area contributed by atoms with Gasteiger partial charge in [-0.25, -0.2) is 13.2 Å². The Morgan fingerprint density at radius 3 is 2.57 bits per heavy atom. The van der Waals surface area contributed by atoms with Crippen molar-refractivity contribution in [2.75, 3.05) is 7.11 Å². The van der Waals surface area contributed by atoms with E-state index < -0.39 is 28.0 Å². The summed E-state index contributed by atoms with van der Waals surface area (Å²) < 4.78 is 35.9. The number of nitrogens with one attached hydrogen (secondary N) is 1. The average Bonchev–Trinajstić information content (AvgIpc) is 2.80. The standard InChI is InChI=1S/C12H17NO7S/c1-4-5-8(11(14)15)13-21(17,18)10-6-9(12(16)19-3)20-7(10)2/h6,8,13H,4-5H2,1-3H3,(H,14,15). The van der Waals surface area contributed by atoms with Crippen LogP contribution in [0.2, 0.25) is 0 Å². The highest BCUT2D eigenvalue weighted by atomic mass is 32.2. The molecule has 1 atom stereocenters. The first-order valence-corrected chi connectivity index (χ1v) is 7.65. The quantitative estimate of drug-likeness (QED) is 0.716. The number of carbonyl (C=O) groups excluding carboxylic acids is 1. The predicted octanol–water partition coefficient (Wildman–Crippen LogP) is 0.906. The number of hydrogen-bond acceptors (Lipinski definition) is 6. The Bertz CT molecular complexity index is 632. The average molecular weight is 319 g/mol. The molecule has 0 fully saturated rings. The van der Waals surface area contributed by atoms with Crippen molar-refractivity contribution in [1.82, 2.24) is 4.72 Å². The van der Waals surface area contributed by atoms with Crippen molar-refractivity contribution in [2.45, 2.75) is 37.6 Å². The van der Waals surface area contributed by atoms with Gasteiger partial charge in [0.05, 0.1) is 7.11 Å². The van der Waals surface area contributed by atoms with Crippen LogP contribution in [0, 0.1) is 6.92 Å². The topological polar surface area (TPSA) is 123 Å². The molecule has 1 aromatic rings. The van der Waals surface area contributed by atoms with Gasteiger partial charge in [-0.2, -0.15) is 4.72 Å².